The first-order valence-electron chi connectivity index (χ1n) is 10.1. The molecule has 1 saturated carbocycles. The number of hydrogen-bond donors (Lipinski definition) is 0. The van der Waals surface area contributed by atoms with Crippen LogP contribution in [0.15, 0.2) is 34.7 Å². The van der Waals surface area contributed by atoms with Crippen LogP contribution in [0.2, 0.25) is 0 Å². The minimum Gasteiger partial charge on any atom is -0.464 e. The number of rotatable bonds is 8. The normalized spacial score (nSPS) is 15.7. The Morgan fingerprint density at radius 3 is 2.57 bits per heavy atom. The molecule has 0 spiro atoms. The number of benzene rings is 1. The Morgan fingerprint density at radius 1 is 1.13 bits per heavy atom. The average molecular weight is 433 g/mol. The van der Waals surface area contributed by atoms with Crippen LogP contribution in [-0.2, 0) is 22.7 Å². The van der Waals surface area contributed by atoms with Crippen molar-refractivity contribution in [3.8, 4) is 11.5 Å². The van der Waals surface area contributed by atoms with E-state index in [2.05, 4.69) is 0 Å². The molecule has 1 aliphatic heterocycles. The van der Waals surface area contributed by atoms with Crippen LogP contribution in [0.25, 0.3) is 0 Å². The molecule has 2 aromatic rings. The van der Waals surface area contributed by atoms with E-state index < -0.39 is 5.38 Å². The van der Waals surface area contributed by atoms with Crippen molar-refractivity contribution >= 4 is 23.4 Å². The van der Waals surface area contributed by atoms with Gasteiger partial charge in [0.15, 0.2) is 11.5 Å². The fourth-order valence-electron chi connectivity index (χ4n) is 3.50. The van der Waals surface area contributed by atoms with Gasteiger partial charge in [0.05, 0.1) is 6.54 Å². The second-order valence-electron chi connectivity index (χ2n) is 7.76. The molecule has 0 saturated heterocycles. The summed E-state index contributed by atoms with van der Waals surface area (Å²) in [6.07, 6.45) is 1.81. The van der Waals surface area contributed by atoms with Crippen molar-refractivity contribution in [1.82, 2.24) is 9.80 Å². The maximum atomic E-state index is 13.3. The molecule has 7 nitrogen and oxygen atoms in total. The molecule has 1 aromatic heterocycles. The number of ether oxygens (including phenoxy) is 2. The Morgan fingerprint density at radius 2 is 1.90 bits per heavy atom. The Labute approximate surface area is 180 Å². The first-order chi connectivity index (χ1) is 14.4. The van der Waals surface area contributed by atoms with Gasteiger partial charge in [-0.25, -0.2) is 0 Å². The molecule has 160 valence electrons. The second kappa shape index (κ2) is 8.60. The summed E-state index contributed by atoms with van der Waals surface area (Å²) in [5.41, 5.74) is 0.908. The molecule has 8 heteroatoms. The molecule has 1 unspecified atom stereocenters. The summed E-state index contributed by atoms with van der Waals surface area (Å²) < 4.78 is 16.5. The molecule has 0 N–H and O–H groups in total. The van der Waals surface area contributed by atoms with Crippen molar-refractivity contribution in [1.29, 1.82) is 0 Å². The van der Waals surface area contributed by atoms with Crippen LogP contribution in [0.4, 0.5) is 0 Å². The van der Waals surface area contributed by atoms with Crippen molar-refractivity contribution < 1.29 is 23.5 Å². The van der Waals surface area contributed by atoms with Gasteiger partial charge in [0.25, 0.3) is 0 Å². The number of fused-ring (bicyclic) bond motifs is 1. The number of amides is 2. The topological polar surface area (TPSA) is 72.2 Å². The fourth-order valence-corrected chi connectivity index (χ4v) is 3.62. The van der Waals surface area contributed by atoms with Crippen LogP contribution < -0.4 is 9.47 Å². The Balaban J connectivity index is 1.53. The van der Waals surface area contributed by atoms with Gasteiger partial charge in [0, 0.05) is 12.6 Å². The molecule has 0 radical (unpaired) electrons. The largest absolute Gasteiger partial charge is 0.464 e. The number of hydrogen-bond acceptors (Lipinski definition) is 5. The zero-order chi connectivity index (χ0) is 21.3. The van der Waals surface area contributed by atoms with E-state index in [-0.39, 0.29) is 31.2 Å². The monoisotopic (exact) mass is 432 g/mol. The lowest BCUT2D eigenvalue weighted by molar-refractivity contribution is -0.141. The van der Waals surface area contributed by atoms with E-state index in [1.54, 1.807) is 16.7 Å². The van der Waals surface area contributed by atoms with Gasteiger partial charge in [-0.2, -0.15) is 0 Å². The highest BCUT2D eigenvalue weighted by molar-refractivity contribution is 6.30. The summed E-state index contributed by atoms with van der Waals surface area (Å²) in [4.78, 5) is 29.1. The molecule has 4 rings (SSSR count). The van der Waals surface area contributed by atoms with E-state index in [1.807, 2.05) is 37.3 Å². The highest BCUT2D eigenvalue weighted by Gasteiger charge is 2.36. The van der Waals surface area contributed by atoms with E-state index in [0.717, 1.165) is 24.2 Å². The number of halogens is 1. The van der Waals surface area contributed by atoms with Crippen LogP contribution in [0.3, 0.4) is 0 Å². The summed E-state index contributed by atoms with van der Waals surface area (Å²) >= 11 is 6.02. The third-order valence-electron chi connectivity index (χ3n) is 5.22. The van der Waals surface area contributed by atoms with Gasteiger partial charge >= 0.3 is 0 Å². The number of nitrogens with zero attached hydrogens (tertiary/aromatic N) is 2. The van der Waals surface area contributed by atoms with Gasteiger partial charge < -0.3 is 23.7 Å². The second-order valence-corrected chi connectivity index (χ2v) is 8.42. The van der Waals surface area contributed by atoms with Crippen molar-refractivity contribution in [3.05, 3.63) is 47.4 Å². The molecule has 1 aliphatic carbocycles. The summed E-state index contributed by atoms with van der Waals surface area (Å²) in [5, 5.41) is -0.659. The lowest BCUT2D eigenvalue weighted by atomic mass is 10.1. The van der Waals surface area contributed by atoms with Gasteiger partial charge in [0.1, 0.15) is 23.4 Å². The molecular formula is C22H25ClN2O5. The molecular weight excluding hydrogens is 408 g/mol. The van der Waals surface area contributed by atoms with Crippen molar-refractivity contribution in [2.75, 3.05) is 13.3 Å². The standard InChI is InChI=1S/C22H25ClN2O5/c1-14-3-7-18(30-14)11-24(10-16-4-8-19-20(9-16)29-13-28-19)21(26)12-25(17-5-6-17)22(27)15(2)23/h3-4,7-9,15,17H,5-6,10-13H2,1-2H3. The van der Waals surface area contributed by atoms with Crippen LogP contribution >= 0.6 is 11.6 Å². The van der Waals surface area contributed by atoms with E-state index in [0.29, 0.717) is 30.3 Å². The summed E-state index contributed by atoms with van der Waals surface area (Å²) in [6.45, 7) is 4.37. The molecule has 30 heavy (non-hydrogen) atoms. The number of carbonyl (C=O) groups excluding carboxylic acids is 2. The number of furan rings is 1. The SMILES string of the molecule is Cc1ccc(CN(Cc2ccc3c(c2)OCO3)C(=O)CN(C(=O)C(C)Cl)C2CC2)o1. The summed E-state index contributed by atoms with van der Waals surface area (Å²) in [5.74, 6) is 2.48. The smallest absolute Gasteiger partial charge is 0.242 e. The van der Waals surface area contributed by atoms with E-state index in [4.69, 9.17) is 25.5 Å². The van der Waals surface area contributed by atoms with Crippen molar-refractivity contribution in [3.63, 3.8) is 0 Å². The lowest BCUT2D eigenvalue weighted by Gasteiger charge is -2.28. The molecule has 0 bridgehead atoms. The third-order valence-corrected chi connectivity index (χ3v) is 5.41. The van der Waals surface area contributed by atoms with E-state index in [1.165, 1.54) is 0 Å². The maximum absolute atomic E-state index is 13.3. The molecule has 2 amide bonds. The number of alkyl halides is 1. The minimum atomic E-state index is -0.659. The van der Waals surface area contributed by atoms with Crippen LogP contribution in [0, 0.1) is 6.92 Å². The summed E-state index contributed by atoms with van der Waals surface area (Å²) in [7, 11) is 0. The van der Waals surface area contributed by atoms with Crippen LogP contribution in [-0.4, -0.2) is 46.4 Å². The first kappa shape index (κ1) is 20.6. The van der Waals surface area contributed by atoms with Crippen LogP contribution in [0.1, 0.15) is 36.8 Å². The summed E-state index contributed by atoms with van der Waals surface area (Å²) in [6, 6.07) is 9.45. The fraction of sp³-hybridized carbons (Fsp3) is 0.455. The Kier molecular flexibility index (Phi) is 5.90. The van der Waals surface area contributed by atoms with Gasteiger partial charge in [-0.1, -0.05) is 6.07 Å². The Hall–Kier alpha value is -2.67. The van der Waals surface area contributed by atoms with Crippen molar-refractivity contribution in [2.24, 2.45) is 0 Å². The molecule has 1 atom stereocenters. The highest BCUT2D eigenvalue weighted by Crippen LogP contribution is 2.33. The molecule has 2 aliphatic rings. The number of carbonyl (C=O) groups is 2. The van der Waals surface area contributed by atoms with Gasteiger partial charge in [-0.05, 0) is 56.5 Å². The first-order valence-corrected chi connectivity index (χ1v) is 10.5. The number of aryl methyl sites for hydroxylation is 1. The molecule has 2 heterocycles. The predicted octanol–water partition coefficient (Wildman–Crippen LogP) is 3.46. The van der Waals surface area contributed by atoms with Gasteiger partial charge in [-0.3, -0.25) is 9.59 Å². The van der Waals surface area contributed by atoms with Gasteiger partial charge in [0.2, 0.25) is 18.6 Å². The lowest BCUT2D eigenvalue weighted by Crippen LogP contribution is -2.45. The quantitative estimate of drug-likeness (QED) is 0.597. The van der Waals surface area contributed by atoms with Gasteiger partial charge in [-0.15, -0.1) is 11.6 Å². The Bertz CT molecular complexity index is 937. The minimum absolute atomic E-state index is 0.00476. The van der Waals surface area contributed by atoms with Crippen molar-refractivity contribution in [2.45, 2.75) is 51.2 Å². The average Bonchev–Trinajstić information content (AvgIpc) is 3.31. The molecule has 1 fully saturated rings. The molecule has 1 aromatic carbocycles. The van der Waals surface area contributed by atoms with E-state index >= 15 is 0 Å². The highest BCUT2D eigenvalue weighted by atomic mass is 35.5. The third kappa shape index (κ3) is 4.73. The maximum Gasteiger partial charge on any atom is 0.242 e. The van der Waals surface area contributed by atoms with Crippen LogP contribution in [0.5, 0.6) is 11.5 Å². The van der Waals surface area contributed by atoms with E-state index in [9.17, 15) is 9.59 Å². The zero-order valence-electron chi connectivity index (χ0n) is 17.1. The predicted molar refractivity (Wildman–Crippen MR) is 110 cm³/mol. The zero-order valence-corrected chi connectivity index (χ0v) is 17.9.